The van der Waals surface area contributed by atoms with Crippen molar-refractivity contribution in [3.8, 4) is 0 Å². The first-order chi connectivity index (χ1) is 12.8. The summed E-state index contributed by atoms with van der Waals surface area (Å²) in [7, 11) is -3.77. The average Bonchev–Trinajstić information content (AvgIpc) is 3.06. The molecule has 0 bridgehead atoms. The minimum atomic E-state index is -3.77. The van der Waals surface area contributed by atoms with Crippen molar-refractivity contribution in [1.29, 1.82) is 0 Å². The van der Waals surface area contributed by atoms with Crippen molar-refractivity contribution < 1.29 is 17.6 Å². The van der Waals surface area contributed by atoms with E-state index in [1.165, 1.54) is 54.8 Å². The Morgan fingerprint density at radius 1 is 1.22 bits per heavy atom. The lowest BCUT2D eigenvalue weighted by Crippen LogP contribution is -2.15. The average molecular weight is 405 g/mol. The Morgan fingerprint density at radius 2 is 1.93 bits per heavy atom. The molecule has 0 aliphatic rings. The maximum absolute atomic E-state index is 12.3. The van der Waals surface area contributed by atoms with Gasteiger partial charge in [0.15, 0.2) is 16.3 Å². The van der Waals surface area contributed by atoms with Gasteiger partial charge in [-0.05, 0) is 38.1 Å². The summed E-state index contributed by atoms with van der Waals surface area (Å²) in [5, 5.41) is 4.77. The van der Waals surface area contributed by atoms with Crippen molar-refractivity contribution in [2.24, 2.45) is 0 Å². The van der Waals surface area contributed by atoms with Gasteiger partial charge in [-0.2, -0.15) is 0 Å². The normalized spacial score (nSPS) is 11.2. The van der Waals surface area contributed by atoms with E-state index in [-0.39, 0.29) is 21.5 Å². The number of hydrogen-bond donors (Lipinski definition) is 2. The van der Waals surface area contributed by atoms with E-state index in [1.807, 2.05) is 0 Å². The SMILES string of the molecule is CC(=O)c1c(Nc2ccc(S(=O)(=O)Nc3nccs3)cc2)oc(C)cc1=O. The molecule has 0 aliphatic carbocycles. The largest absolute Gasteiger partial charge is 0.445 e. The van der Waals surface area contributed by atoms with Gasteiger partial charge >= 0.3 is 0 Å². The molecule has 2 N–H and O–H groups in total. The molecule has 2 aromatic heterocycles. The maximum Gasteiger partial charge on any atom is 0.263 e. The fourth-order valence-electron chi connectivity index (χ4n) is 2.33. The first kappa shape index (κ1) is 18.8. The van der Waals surface area contributed by atoms with E-state index in [9.17, 15) is 18.0 Å². The highest BCUT2D eigenvalue weighted by molar-refractivity contribution is 7.93. The van der Waals surface area contributed by atoms with E-state index in [0.29, 0.717) is 11.4 Å². The molecule has 27 heavy (non-hydrogen) atoms. The minimum absolute atomic E-state index is 0.0176. The molecule has 0 saturated heterocycles. The number of aryl methyl sites for hydroxylation is 1. The Labute approximate surface area is 158 Å². The van der Waals surface area contributed by atoms with Gasteiger partial charge in [0.05, 0.1) is 4.90 Å². The fraction of sp³-hybridized carbons (Fsp3) is 0.118. The van der Waals surface area contributed by atoms with Gasteiger partial charge in [-0.3, -0.25) is 14.3 Å². The van der Waals surface area contributed by atoms with Gasteiger partial charge in [0.25, 0.3) is 10.0 Å². The highest BCUT2D eigenvalue weighted by Crippen LogP contribution is 2.23. The second kappa shape index (κ2) is 7.33. The third-order valence-electron chi connectivity index (χ3n) is 3.50. The number of benzene rings is 1. The molecule has 0 aliphatic heterocycles. The fourth-order valence-corrected chi connectivity index (χ4v) is 4.12. The van der Waals surface area contributed by atoms with Gasteiger partial charge < -0.3 is 9.73 Å². The number of ketones is 1. The molecule has 0 radical (unpaired) electrons. The summed E-state index contributed by atoms with van der Waals surface area (Å²) in [6, 6.07) is 7.02. The molecule has 8 nitrogen and oxygen atoms in total. The Morgan fingerprint density at radius 3 is 2.52 bits per heavy atom. The van der Waals surface area contributed by atoms with Crippen LogP contribution in [0, 0.1) is 6.92 Å². The summed E-state index contributed by atoms with van der Waals surface area (Å²) in [4.78, 5) is 27.7. The van der Waals surface area contributed by atoms with Crippen LogP contribution in [0.4, 0.5) is 16.7 Å². The summed E-state index contributed by atoms with van der Waals surface area (Å²) in [5.74, 6) is -0.0681. The summed E-state index contributed by atoms with van der Waals surface area (Å²) in [6.45, 7) is 2.86. The molecular formula is C17H15N3O5S2. The molecule has 0 amide bonds. The first-order valence-corrected chi connectivity index (χ1v) is 10.1. The molecule has 1 aromatic carbocycles. The monoisotopic (exact) mass is 405 g/mol. The zero-order chi connectivity index (χ0) is 19.6. The quantitative estimate of drug-likeness (QED) is 0.605. The van der Waals surface area contributed by atoms with E-state index in [2.05, 4.69) is 15.0 Å². The van der Waals surface area contributed by atoms with Crippen molar-refractivity contribution in [3.63, 3.8) is 0 Å². The number of thiazole rings is 1. The van der Waals surface area contributed by atoms with Crippen LogP contribution in [0.25, 0.3) is 0 Å². The Kier molecular flexibility index (Phi) is 5.10. The number of nitrogens with zero attached hydrogens (tertiary/aromatic N) is 1. The highest BCUT2D eigenvalue weighted by atomic mass is 32.2. The summed E-state index contributed by atoms with van der Waals surface area (Å²) in [6.07, 6.45) is 1.50. The van der Waals surface area contributed by atoms with Gasteiger partial charge in [-0.15, -0.1) is 11.3 Å². The number of carbonyl (C=O) groups excluding carboxylic acids is 1. The number of sulfonamides is 1. The third-order valence-corrected chi connectivity index (χ3v) is 5.67. The van der Waals surface area contributed by atoms with Crippen molar-refractivity contribution in [3.05, 3.63) is 63.5 Å². The Hall–Kier alpha value is -2.98. The van der Waals surface area contributed by atoms with Gasteiger partial charge in [0.2, 0.25) is 5.88 Å². The second-order valence-corrected chi connectivity index (χ2v) is 8.15. The molecule has 3 rings (SSSR count). The van der Waals surface area contributed by atoms with Crippen LogP contribution in [0.2, 0.25) is 0 Å². The van der Waals surface area contributed by atoms with Crippen LogP contribution in [0.5, 0.6) is 0 Å². The van der Waals surface area contributed by atoms with Crippen molar-refractivity contribution >= 4 is 43.8 Å². The van der Waals surface area contributed by atoms with E-state index in [0.717, 1.165) is 0 Å². The number of hydrogen-bond acceptors (Lipinski definition) is 8. The zero-order valence-corrected chi connectivity index (χ0v) is 16.0. The minimum Gasteiger partial charge on any atom is -0.445 e. The number of nitrogens with one attached hydrogen (secondary N) is 2. The number of carbonyl (C=O) groups is 1. The molecule has 0 atom stereocenters. The van der Waals surface area contributed by atoms with Gasteiger partial charge in [0.1, 0.15) is 11.3 Å². The smallest absolute Gasteiger partial charge is 0.263 e. The summed E-state index contributed by atoms with van der Waals surface area (Å²) < 4.78 is 32.5. The molecule has 0 saturated carbocycles. The second-order valence-electron chi connectivity index (χ2n) is 5.57. The predicted molar refractivity (Wildman–Crippen MR) is 102 cm³/mol. The first-order valence-electron chi connectivity index (χ1n) is 7.71. The van der Waals surface area contributed by atoms with Gasteiger partial charge in [-0.1, -0.05) is 0 Å². The standard InChI is InChI=1S/C17H15N3O5S2/c1-10-9-14(22)15(11(2)21)16(25-10)19-12-3-5-13(6-4-12)27(23,24)20-17-18-7-8-26-17/h3-9,19H,1-2H3,(H,18,20). The van der Waals surface area contributed by atoms with Crippen LogP contribution in [0.15, 0.2) is 56.0 Å². The van der Waals surface area contributed by atoms with E-state index in [4.69, 9.17) is 4.42 Å². The van der Waals surface area contributed by atoms with Crippen LogP contribution >= 0.6 is 11.3 Å². The molecule has 2 heterocycles. The highest BCUT2D eigenvalue weighted by Gasteiger charge is 2.17. The maximum atomic E-state index is 12.3. The number of rotatable bonds is 6. The zero-order valence-electron chi connectivity index (χ0n) is 14.3. The Balaban J connectivity index is 1.87. The molecule has 0 fully saturated rings. The van der Waals surface area contributed by atoms with Crippen LogP contribution in [-0.4, -0.2) is 19.2 Å². The molecule has 0 unspecified atom stereocenters. The summed E-state index contributed by atoms with van der Waals surface area (Å²) in [5.41, 5.74) is -0.0808. The van der Waals surface area contributed by atoms with Crippen molar-refractivity contribution in [1.82, 2.24) is 4.98 Å². The molecular weight excluding hydrogens is 390 g/mol. The summed E-state index contributed by atoms with van der Waals surface area (Å²) >= 11 is 1.17. The molecule has 140 valence electrons. The van der Waals surface area contributed by atoms with Crippen LogP contribution in [-0.2, 0) is 10.0 Å². The third kappa shape index (κ3) is 4.23. The van der Waals surface area contributed by atoms with E-state index < -0.39 is 21.2 Å². The predicted octanol–water partition coefficient (Wildman–Crippen LogP) is 3.15. The molecule has 3 aromatic rings. The lowest BCUT2D eigenvalue weighted by Gasteiger charge is -2.10. The lowest BCUT2D eigenvalue weighted by molar-refractivity contribution is 0.101. The Bertz CT molecular complexity index is 1130. The number of aromatic nitrogens is 1. The van der Waals surface area contributed by atoms with E-state index >= 15 is 0 Å². The molecule has 10 heteroatoms. The topological polar surface area (TPSA) is 118 Å². The number of anilines is 3. The number of Topliss-reactive ketones (excluding diaryl/α,β-unsaturated/α-hetero) is 1. The lowest BCUT2D eigenvalue weighted by atomic mass is 10.1. The van der Waals surface area contributed by atoms with Crippen LogP contribution in [0.1, 0.15) is 23.0 Å². The van der Waals surface area contributed by atoms with E-state index in [1.54, 1.807) is 12.3 Å². The van der Waals surface area contributed by atoms with Crippen molar-refractivity contribution in [2.45, 2.75) is 18.7 Å². The van der Waals surface area contributed by atoms with Gasteiger partial charge in [-0.25, -0.2) is 13.4 Å². The van der Waals surface area contributed by atoms with Crippen molar-refractivity contribution in [2.75, 3.05) is 10.0 Å². The van der Waals surface area contributed by atoms with Gasteiger partial charge in [0, 0.05) is 23.3 Å². The van der Waals surface area contributed by atoms with Crippen LogP contribution < -0.4 is 15.5 Å². The van der Waals surface area contributed by atoms with Crippen LogP contribution in [0.3, 0.4) is 0 Å². The molecule has 0 spiro atoms.